The molecule has 0 aromatic heterocycles. The van der Waals surface area contributed by atoms with Crippen LogP contribution in [0.5, 0.6) is 0 Å². The molecule has 0 radical (unpaired) electrons. The lowest BCUT2D eigenvalue weighted by atomic mass is 10.1. The zero-order valence-corrected chi connectivity index (χ0v) is 9.89. The maximum absolute atomic E-state index is 13.4. The van der Waals surface area contributed by atoms with Crippen molar-refractivity contribution in [1.82, 2.24) is 5.32 Å². The lowest BCUT2D eigenvalue weighted by molar-refractivity contribution is 0.506. The lowest BCUT2D eigenvalue weighted by Crippen LogP contribution is -2.20. The Morgan fingerprint density at radius 1 is 1.25 bits per heavy atom. The molecular formula is C13H19F2N. The van der Waals surface area contributed by atoms with Crippen molar-refractivity contribution < 1.29 is 8.78 Å². The molecule has 0 saturated carbocycles. The predicted octanol–water partition coefficient (Wildman–Crippen LogP) is 3.81. The molecule has 0 aliphatic heterocycles. The Hall–Kier alpha value is -0.960. The van der Waals surface area contributed by atoms with Crippen molar-refractivity contribution in [3.05, 3.63) is 35.4 Å². The molecule has 1 nitrogen and oxygen atoms in total. The fourth-order valence-corrected chi connectivity index (χ4v) is 1.65. The van der Waals surface area contributed by atoms with Crippen LogP contribution >= 0.6 is 0 Å². The first-order valence-electron chi connectivity index (χ1n) is 5.83. The Bertz CT molecular complexity index is 326. The van der Waals surface area contributed by atoms with Gasteiger partial charge in [-0.1, -0.05) is 19.8 Å². The molecule has 90 valence electrons. The Balaban J connectivity index is 2.51. The molecule has 0 bridgehead atoms. The molecule has 0 aliphatic rings. The van der Waals surface area contributed by atoms with E-state index in [2.05, 4.69) is 12.2 Å². The topological polar surface area (TPSA) is 12.0 Å². The van der Waals surface area contributed by atoms with E-state index in [9.17, 15) is 8.78 Å². The first-order valence-corrected chi connectivity index (χ1v) is 5.83. The minimum atomic E-state index is -0.390. The van der Waals surface area contributed by atoms with Crippen LogP contribution in [0.3, 0.4) is 0 Å². The molecule has 1 rings (SSSR count). The Labute approximate surface area is 95.9 Å². The van der Waals surface area contributed by atoms with Crippen LogP contribution in [0.25, 0.3) is 0 Å². The number of rotatable bonds is 6. The van der Waals surface area contributed by atoms with Crippen molar-refractivity contribution in [1.29, 1.82) is 0 Å². The van der Waals surface area contributed by atoms with Gasteiger partial charge in [-0.25, -0.2) is 8.78 Å². The van der Waals surface area contributed by atoms with Gasteiger partial charge in [0.25, 0.3) is 0 Å². The average molecular weight is 227 g/mol. The first-order chi connectivity index (χ1) is 7.65. The SMILES string of the molecule is CCCCCNC(C)c1cc(F)ccc1F. The molecule has 3 heteroatoms. The van der Waals surface area contributed by atoms with Crippen molar-refractivity contribution in [3.8, 4) is 0 Å². The summed E-state index contributed by atoms with van der Waals surface area (Å²) in [6.07, 6.45) is 3.38. The maximum Gasteiger partial charge on any atom is 0.128 e. The van der Waals surface area contributed by atoms with Gasteiger partial charge < -0.3 is 5.32 Å². The number of hydrogen-bond acceptors (Lipinski definition) is 1. The quantitative estimate of drug-likeness (QED) is 0.729. The van der Waals surface area contributed by atoms with E-state index in [1.807, 2.05) is 6.92 Å². The molecule has 0 aliphatic carbocycles. The summed E-state index contributed by atoms with van der Waals surface area (Å²) >= 11 is 0. The minimum Gasteiger partial charge on any atom is -0.310 e. The maximum atomic E-state index is 13.4. The van der Waals surface area contributed by atoms with Crippen LogP contribution in [0.4, 0.5) is 8.78 Å². The standard InChI is InChI=1S/C13H19F2N/c1-3-4-5-8-16-10(2)12-9-11(14)6-7-13(12)15/h6-7,9-10,16H,3-5,8H2,1-2H3. The van der Waals surface area contributed by atoms with Crippen LogP contribution in [0.15, 0.2) is 18.2 Å². The van der Waals surface area contributed by atoms with Gasteiger partial charge in [-0.3, -0.25) is 0 Å². The highest BCUT2D eigenvalue weighted by Gasteiger charge is 2.10. The molecular weight excluding hydrogens is 208 g/mol. The largest absolute Gasteiger partial charge is 0.310 e. The molecule has 0 heterocycles. The molecule has 1 N–H and O–H groups in total. The molecule has 0 fully saturated rings. The molecule has 1 atom stereocenters. The van der Waals surface area contributed by atoms with Gasteiger partial charge in [0, 0.05) is 11.6 Å². The third-order valence-corrected chi connectivity index (χ3v) is 2.66. The molecule has 1 unspecified atom stereocenters. The summed E-state index contributed by atoms with van der Waals surface area (Å²) in [7, 11) is 0. The molecule has 16 heavy (non-hydrogen) atoms. The van der Waals surface area contributed by atoms with Gasteiger partial charge in [-0.05, 0) is 38.1 Å². The van der Waals surface area contributed by atoms with Crippen LogP contribution < -0.4 is 5.32 Å². The summed E-state index contributed by atoms with van der Waals surface area (Å²) in [5.41, 5.74) is 0.400. The van der Waals surface area contributed by atoms with E-state index in [-0.39, 0.29) is 11.9 Å². The van der Waals surface area contributed by atoms with Crippen molar-refractivity contribution in [2.45, 2.75) is 39.2 Å². The van der Waals surface area contributed by atoms with Gasteiger partial charge in [-0.2, -0.15) is 0 Å². The Kier molecular flexibility index (Phi) is 5.39. The van der Waals surface area contributed by atoms with Crippen molar-refractivity contribution >= 4 is 0 Å². The highest BCUT2D eigenvalue weighted by Crippen LogP contribution is 2.17. The summed E-state index contributed by atoms with van der Waals surface area (Å²) in [6.45, 7) is 4.82. The summed E-state index contributed by atoms with van der Waals surface area (Å²) in [4.78, 5) is 0. The van der Waals surface area contributed by atoms with E-state index >= 15 is 0 Å². The first kappa shape index (κ1) is 13.1. The van der Waals surface area contributed by atoms with Crippen LogP contribution in [-0.4, -0.2) is 6.54 Å². The van der Waals surface area contributed by atoms with Crippen LogP contribution in [0.1, 0.15) is 44.7 Å². The highest BCUT2D eigenvalue weighted by atomic mass is 19.1. The van der Waals surface area contributed by atoms with Gasteiger partial charge in [0.1, 0.15) is 11.6 Å². The van der Waals surface area contributed by atoms with Crippen LogP contribution in [0.2, 0.25) is 0 Å². The number of benzene rings is 1. The smallest absolute Gasteiger partial charge is 0.128 e. The monoisotopic (exact) mass is 227 g/mol. The fourth-order valence-electron chi connectivity index (χ4n) is 1.65. The summed E-state index contributed by atoms with van der Waals surface area (Å²) in [6, 6.07) is 3.43. The second-order valence-electron chi connectivity index (χ2n) is 4.05. The molecule has 1 aromatic rings. The number of hydrogen-bond donors (Lipinski definition) is 1. The third-order valence-electron chi connectivity index (χ3n) is 2.66. The minimum absolute atomic E-state index is 0.146. The lowest BCUT2D eigenvalue weighted by Gasteiger charge is -2.14. The summed E-state index contributed by atoms with van der Waals surface area (Å²) in [5, 5.41) is 3.20. The van der Waals surface area contributed by atoms with Crippen LogP contribution in [0, 0.1) is 11.6 Å². The van der Waals surface area contributed by atoms with Crippen molar-refractivity contribution in [2.75, 3.05) is 6.54 Å². The van der Waals surface area contributed by atoms with Gasteiger partial charge in [-0.15, -0.1) is 0 Å². The number of halogens is 2. The average Bonchev–Trinajstić information content (AvgIpc) is 2.27. The van der Waals surface area contributed by atoms with Gasteiger partial charge in [0.15, 0.2) is 0 Å². The predicted molar refractivity (Wildman–Crippen MR) is 62.3 cm³/mol. The van der Waals surface area contributed by atoms with E-state index in [1.54, 1.807) is 0 Å². The zero-order valence-electron chi connectivity index (χ0n) is 9.89. The van der Waals surface area contributed by atoms with E-state index < -0.39 is 5.82 Å². The van der Waals surface area contributed by atoms with E-state index in [4.69, 9.17) is 0 Å². The second kappa shape index (κ2) is 6.59. The molecule has 0 amide bonds. The molecule has 0 saturated heterocycles. The molecule has 0 spiro atoms. The number of nitrogens with one attached hydrogen (secondary N) is 1. The van der Waals surface area contributed by atoms with Gasteiger partial charge in [0.05, 0.1) is 0 Å². The second-order valence-corrected chi connectivity index (χ2v) is 4.05. The summed E-state index contributed by atoms with van der Waals surface area (Å²) in [5.74, 6) is -0.740. The highest BCUT2D eigenvalue weighted by molar-refractivity contribution is 5.21. The Morgan fingerprint density at radius 2 is 2.00 bits per heavy atom. The third kappa shape index (κ3) is 3.89. The van der Waals surface area contributed by atoms with Crippen LogP contribution in [-0.2, 0) is 0 Å². The van der Waals surface area contributed by atoms with Gasteiger partial charge >= 0.3 is 0 Å². The normalized spacial score (nSPS) is 12.8. The fraction of sp³-hybridized carbons (Fsp3) is 0.538. The van der Waals surface area contributed by atoms with Crippen molar-refractivity contribution in [3.63, 3.8) is 0 Å². The van der Waals surface area contributed by atoms with E-state index in [0.717, 1.165) is 31.9 Å². The summed E-state index contributed by atoms with van der Waals surface area (Å²) < 4.78 is 26.3. The van der Waals surface area contributed by atoms with Crippen molar-refractivity contribution in [2.24, 2.45) is 0 Å². The van der Waals surface area contributed by atoms with E-state index in [1.165, 1.54) is 12.1 Å². The van der Waals surface area contributed by atoms with Gasteiger partial charge in [0.2, 0.25) is 0 Å². The number of unbranched alkanes of at least 4 members (excludes halogenated alkanes) is 2. The molecule has 1 aromatic carbocycles. The zero-order chi connectivity index (χ0) is 12.0. The Morgan fingerprint density at radius 3 is 2.69 bits per heavy atom. The van der Waals surface area contributed by atoms with E-state index in [0.29, 0.717) is 5.56 Å².